The third-order valence-electron chi connectivity index (χ3n) is 5.66. The normalized spacial score (nSPS) is 15.1. The summed E-state index contributed by atoms with van der Waals surface area (Å²) >= 11 is 0. The second-order valence-corrected chi connectivity index (χ2v) is 7.80. The van der Waals surface area contributed by atoms with Gasteiger partial charge in [0.1, 0.15) is 0 Å². The number of anilines is 2. The first kappa shape index (κ1) is 21.1. The summed E-state index contributed by atoms with van der Waals surface area (Å²) in [6.45, 7) is 8.70. The Morgan fingerprint density at radius 3 is 2.07 bits per heavy atom. The Kier molecular flexibility index (Phi) is 7.04. The monoisotopic (exact) mass is 393 g/mol. The molecule has 5 nitrogen and oxygen atoms in total. The van der Waals surface area contributed by atoms with Crippen molar-refractivity contribution in [2.45, 2.75) is 39.7 Å². The number of carbonyl (C=O) groups excluding carboxylic acids is 2. The number of benzene rings is 2. The highest BCUT2D eigenvalue weighted by atomic mass is 16.2. The van der Waals surface area contributed by atoms with Gasteiger partial charge >= 0.3 is 0 Å². The first-order valence-electron chi connectivity index (χ1n) is 10.4. The Morgan fingerprint density at radius 1 is 0.897 bits per heavy atom. The van der Waals surface area contributed by atoms with E-state index >= 15 is 0 Å². The third kappa shape index (κ3) is 5.45. The molecule has 0 aliphatic carbocycles. The number of hydrogen-bond acceptors (Lipinski definition) is 3. The number of aryl methyl sites for hydroxylation is 1. The average molecular weight is 394 g/mol. The van der Waals surface area contributed by atoms with E-state index in [0.717, 1.165) is 43.9 Å². The van der Waals surface area contributed by atoms with Crippen LogP contribution in [0.2, 0.25) is 0 Å². The molecule has 0 unspecified atom stereocenters. The summed E-state index contributed by atoms with van der Waals surface area (Å²) in [6, 6.07) is 18.2. The molecule has 0 N–H and O–H groups in total. The van der Waals surface area contributed by atoms with Gasteiger partial charge < -0.3 is 14.7 Å². The van der Waals surface area contributed by atoms with E-state index in [0.29, 0.717) is 6.54 Å². The fourth-order valence-corrected chi connectivity index (χ4v) is 4.07. The summed E-state index contributed by atoms with van der Waals surface area (Å²) in [6.07, 6.45) is 1.89. The Labute approximate surface area is 173 Å². The maximum absolute atomic E-state index is 12.3. The SMILES string of the molecule is CC(=O)N(CCN1CCC(N(C(C)=O)c2ccc(C)cc2)CC1)c1ccccc1. The number of likely N-dealkylation sites (tertiary alicyclic amines) is 1. The number of nitrogens with zero attached hydrogens (tertiary/aromatic N) is 3. The Morgan fingerprint density at radius 2 is 1.52 bits per heavy atom. The first-order valence-corrected chi connectivity index (χ1v) is 10.4. The van der Waals surface area contributed by atoms with Crippen LogP contribution in [0.1, 0.15) is 32.3 Å². The predicted molar refractivity (Wildman–Crippen MR) is 118 cm³/mol. The molecule has 2 aromatic rings. The maximum Gasteiger partial charge on any atom is 0.224 e. The van der Waals surface area contributed by atoms with Crippen molar-refractivity contribution in [3.8, 4) is 0 Å². The van der Waals surface area contributed by atoms with Crippen LogP contribution in [0.15, 0.2) is 54.6 Å². The molecular weight excluding hydrogens is 362 g/mol. The van der Waals surface area contributed by atoms with Crippen molar-refractivity contribution < 1.29 is 9.59 Å². The van der Waals surface area contributed by atoms with Gasteiger partial charge in [0.15, 0.2) is 0 Å². The predicted octanol–water partition coefficient (Wildman–Crippen LogP) is 3.87. The minimum atomic E-state index is 0.0632. The fraction of sp³-hybridized carbons (Fsp3) is 0.417. The lowest BCUT2D eigenvalue weighted by molar-refractivity contribution is -0.118. The average Bonchev–Trinajstić information content (AvgIpc) is 2.71. The number of amides is 2. The summed E-state index contributed by atoms with van der Waals surface area (Å²) in [5.74, 6) is 0.160. The molecule has 3 rings (SSSR count). The van der Waals surface area contributed by atoms with E-state index < -0.39 is 0 Å². The molecule has 1 saturated heterocycles. The molecule has 0 radical (unpaired) electrons. The van der Waals surface area contributed by atoms with E-state index in [4.69, 9.17) is 0 Å². The van der Waals surface area contributed by atoms with E-state index in [2.05, 4.69) is 24.0 Å². The second kappa shape index (κ2) is 9.70. The zero-order valence-corrected chi connectivity index (χ0v) is 17.7. The van der Waals surface area contributed by atoms with Gasteiger partial charge in [-0.05, 0) is 44.0 Å². The summed E-state index contributed by atoms with van der Waals surface area (Å²) < 4.78 is 0. The van der Waals surface area contributed by atoms with Gasteiger partial charge in [0.2, 0.25) is 11.8 Å². The van der Waals surface area contributed by atoms with Crippen LogP contribution in [-0.4, -0.2) is 48.9 Å². The minimum absolute atomic E-state index is 0.0632. The minimum Gasteiger partial charge on any atom is -0.311 e. The van der Waals surface area contributed by atoms with Crippen LogP contribution in [0.4, 0.5) is 11.4 Å². The van der Waals surface area contributed by atoms with Gasteiger partial charge in [-0.25, -0.2) is 0 Å². The van der Waals surface area contributed by atoms with E-state index in [9.17, 15) is 9.59 Å². The van der Waals surface area contributed by atoms with Crippen molar-refractivity contribution in [2.75, 3.05) is 36.0 Å². The number of rotatable bonds is 6. The Hall–Kier alpha value is -2.66. The second-order valence-electron chi connectivity index (χ2n) is 7.80. The van der Waals surface area contributed by atoms with Crippen LogP contribution in [-0.2, 0) is 9.59 Å². The first-order chi connectivity index (χ1) is 14.0. The summed E-state index contributed by atoms with van der Waals surface area (Å²) in [7, 11) is 0. The molecule has 1 aliphatic rings. The molecular formula is C24H31N3O2. The zero-order valence-electron chi connectivity index (χ0n) is 17.7. The molecule has 5 heteroatoms. The van der Waals surface area contributed by atoms with Crippen molar-refractivity contribution in [2.24, 2.45) is 0 Å². The van der Waals surface area contributed by atoms with E-state index in [1.807, 2.05) is 52.3 Å². The quantitative estimate of drug-likeness (QED) is 0.748. The summed E-state index contributed by atoms with van der Waals surface area (Å²) in [4.78, 5) is 30.6. The van der Waals surface area contributed by atoms with Gasteiger partial charge in [0.25, 0.3) is 0 Å². The van der Waals surface area contributed by atoms with Crippen LogP contribution < -0.4 is 9.80 Å². The van der Waals surface area contributed by atoms with Crippen LogP contribution >= 0.6 is 0 Å². The molecule has 154 valence electrons. The van der Waals surface area contributed by atoms with Crippen molar-refractivity contribution in [3.05, 3.63) is 60.2 Å². The molecule has 1 fully saturated rings. The number of piperidine rings is 1. The van der Waals surface area contributed by atoms with Crippen molar-refractivity contribution in [1.82, 2.24) is 4.90 Å². The van der Waals surface area contributed by atoms with Gasteiger partial charge in [0, 0.05) is 57.4 Å². The van der Waals surface area contributed by atoms with Crippen molar-refractivity contribution >= 4 is 23.2 Å². The molecule has 0 saturated carbocycles. The van der Waals surface area contributed by atoms with Gasteiger partial charge in [0.05, 0.1) is 0 Å². The topological polar surface area (TPSA) is 43.9 Å². The lowest BCUT2D eigenvalue weighted by Crippen LogP contribution is -2.48. The lowest BCUT2D eigenvalue weighted by Gasteiger charge is -2.38. The van der Waals surface area contributed by atoms with E-state index in [-0.39, 0.29) is 17.9 Å². The van der Waals surface area contributed by atoms with Gasteiger partial charge in [-0.15, -0.1) is 0 Å². The van der Waals surface area contributed by atoms with E-state index in [1.165, 1.54) is 5.56 Å². The van der Waals surface area contributed by atoms with Gasteiger partial charge in [-0.2, -0.15) is 0 Å². The molecule has 2 amide bonds. The van der Waals surface area contributed by atoms with Gasteiger partial charge in [-0.3, -0.25) is 9.59 Å². The largest absolute Gasteiger partial charge is 0.311 e. The van der Waals surface area contributed by atoms with Crippen LogP contribution in [0.5, 0.6) is 0 Å². The molecule has 0 spiro atoms. The molecule has 1 aliphatic heterocycles. The fourth-order valence-electron chi connectivity index (χ4n) is 4.07. The van der Waals surface area contributed by atoms with Crippen LogP contribution in [0, 0.1) is 6.92 Å². The van der Waals surface area contributed by atoms with Crippen LogP contribution in [0.3, 0.4) is 0 Å². The van der Waals surface area contributed by atoms with Crippen LogP contribution in [0.25, 0.3) is 0 Å². The number of para-hydroxylation sites is 1. The maximum atomic E-state index is 12.3. The Bertz CT molecular complexity index is 812. The molecule has 29 heavy (non-hydrogen) atoms. The molecule has 2 aromatic carbocycles. The molecule has 0 aromatic heterocycles. The number of hydrogen-bond donors (Lipinski definition) is 0. The third-order valence-corrected chi connectivity index (χ3v) is 5.66. The lowest BCUT2D eigenvalue weighted by atomic mass is 10.0. The highest BCUT2D eigenvalue weighted by Crippen LogP contribution is 2.24. The van der Waals surface area contributed by atoms with Crippen molar-refractivity contribution in [3.63, 3.8) is 0 Å². The van der Waals surface area contributed by atoms with Gasteiger partial charge in [-0.1, -0.05) is 35.9 Å². The summed E-state index contributed by atoms with van der Waals surface area (Å²) in [5, 5.41) is 0. The smallest absolute Gasteiger partial charge is 0.224 e. The highest BCUT2D eigenvalue weighted by molar-refractivity contribution is 5.92. The number of carbonyl (C=O) groups is 2. The Balaban J connectivity index is 1.57. The van der Waals surface area contributed by atoms with E-state index in [1.54, 1.807) is 13.8 Å². The highest BCUT2D eigenvalue weighted by Gasteiger charge is 2.27. The van der Waals surface area contributed by atoms with Crippen molar-refractivity contribution in [1.29, 1.82) is 0 Å². The molecule has 0 bridgehead atoms. The standard InChI is InChI=1S/C24H31N3O2/c1-19-9-11-23(12-10-19)27(21(3)29)24-13-15-25(16-14-24)17-18-26(20(2)28)22-7-5-4-6-8-22/h4-12,24H,13-18H2,1-3H3. The molecule has 0 atom stereocenters. The zero-order chi connectivity index (χ0) is 20.8. The summed E-state index contributed by atoms with van der Waals surface area (Å²) in [5.41, 5.74) is 3.12. The molecule has 1 heterocycles.